The average Bonchev–Trinajstić information content (AvgIpc) is 2.38. The first-order valence-electron chi connectivity index (χ1n) is 9.35. The molecule has 0 atom stereocenters. The Bertz CT molecular complexity index is 307. The summed E-state index contributed by atoms with van der Waals surface area (Å²) < 4.78 is 0. The van der Waals surface area contributed by atoms with Crippen LogP contribution in [0.4, 0.5) is 0 Å². The quantitative estimate of drug-likeness (QED) is 0.568. The molecule has 1 fully saturated rings. The van der Waals surface area contributed by atoms with E-state index in [1.165, 1.54) is 50.0 Å². The molecule has 3 heteroatoms. The first-order valence-corrected chi connectivity index (χ1v) is 9.35. The first-order chi connectivity index (χ1) is 10.1. The fourth-order valence-corrected chi connectivity index (χ4v) is 4.41. The number of hydrogen-bond acceptors (Lipinski definition) is 3. The van der Waals surface area contributed by atoms with Crippen LogP contribution in [0.3, 0.4) is 0 Å². The van der Waals surface area contributed by atoms with Crippen molar-refractivity contribution in [2.75, 3.05) is 0 Å². The van der Waals surface area contributed by atoms with Crippen molar-refractivity contribution < 1.29 is 10.3 Å². The second kappa shape index (κ2) is 8.12. The van der Waals surface area contributed by atoms with Gasteiger partial charge in [-0.05, 0) is 47.0 Å². The molecule has 0 aromatic rings. The zero-order chi connectivity index (χ0) is 16.9. The van der Waals surface area contributed by atoms with Crippen LogP contribution in [0.1, 0.15) is 105 Å². The Morgan fingerprint density at radius 3 is 1.64 bits per heavy atom. The maximum atomic E-state index is 11.0. The lowest BCUT2D eigenvalue weighted by molar-refractivity contribution is -0.275. The van der Waals surface area contributed by atoms with E-state index < -0.39 is 5.60 Å². The molecule has 3 nitrogen and oxygen atoms in total. The summed E-state index contributed by atoms with van der Waals surface area (Å²) >= 11 is 0. The molecule has 1 aliphatic rings. The van der Waals surface area contributed by atoms with Crippen LogP contribution < -0.4 is 0 Å². The van der Waals surface area contributed by atoms with Crippen molar-refractivity contribution in [2.45, 2.75) is 122 Å². The van der Waals surface area contributed by atoms with Gasteiger partial charge in [0.05, 0.1) is 5.60 Å². The molecule has 0 radical (unpaired) electrons. The molecule has 1 saturated heterocycles. The lowest BCUT2D eigenvalue weighted by atomic mass is 9.70. The van der Waals surface area contributed by atoms with Crippen LogP contribution in [0.2, 0.25) is 0 Å². The van der Waals surface area contributed by atoms with Crippen molar-refractivity contribution in [3.8, 4) is 0 Å². The number of hydrogen-bond donors (Lipinski definition) is 2. The molecule has 0 amide bonds. The van der Waals surface area contributed by atoms with Crippen LogP contribution >= 0.6 is 0 Å². The van der Waals surface area contributed by atoms with Crippen molar-refractivity contribution in [1.29, 1.82) is 0 Å². The molecule has 132 valence electrons. The van der Waals surface area contributed by atoms with Gasteiger partial charge in [-0.1, -0.05) is 58.3 Å². The molecule has 22 heavy (non-hydrogen) atoms. The number of piperidine rings is 1. The zero-order valence-electron chi connectivity index (χ0n) is 15.6. The Morgan fingerprint density at radius 1 is 0.773 bits per heavy atom. The van der Waals surface area contributed by atoms with E-state index in [-0.39, 0.29) is 11.1 Å². The van der Waals surface area contributed by atoms with E-state index in [1.807, 2.05) is 27.7 Å². The van der Waals surface area contributed by atoms with Crippen LogP contribution in [-0.2, 0) is 0 Å². The summed E-state index contributed by atoms with van der Waals surface area (Å²) in [5, 5.41) is 22.8. The highest BCUT2D eigenvalue weighted by molar-refractivity contribution is 5.03. The average molecular weight is 314 g/mol. The molecule has 1 rings (SSSR count). The maximum absolute atomic E-state index is 11.0. The van der Waals surface area contributed by atoms with Gasteiger partial charge >= 0.3 is 0 Å². The maximum Gasteiger partial charge on any atom is 0.0684 e. The number of unbranched alkanes of at least 4 members (excludes halogenated alkanes) is 7. The fraction of sp³-hybridized carbons (Fsp3) is 1.00. The normalized spacial score (nSPS) is 23.6. The third-order valence-corrected chi connectivity index (χ3v) is 5.17. The predicted octanol–water partition coefficient (Wildman–Crippen LogP) is 5.29. The number of rotatable bonds is 9. The molecule has 0 saturated carbocycles. The van der Waals surface area contributed by atoms with Crippen LogP contribution in [0.5, 0.6) is 0 Å². The Labute approximate surface area is 138 Å². The molecule has 0 spiro atoms. The predicted molar refractivity (Wildman–Crippen MR) is 93.2 cm³/mol. The minimum atomic E-state index is -0.631. The van der Waals surface area contributed by atoms with E-state index in [9.17, 15) is 10.3 Å². The smallest absolute Gasteiger partial charge is 0.0684 e. The Morgan fingerprint density at radius 2 is 1.18 bits per heavy atom. The zero-order valence-corrected chi connectivity index (χ0v) is 15.6. The molecule has 2 N–H and O–H groups in total. The summed E-state index contributed by atoms with van der Waals surface area (Å²) in [4.78, 5) is 0. The SMILES string of the molecule is CCCCCCCCCCC1(O)CC(C)(C)N(O)C(C)(C)C1. The molecule has 0 aromatic carbocycles. The Kier molecular flexibility index (Phi) is 7.35. The van der Waals surface area contributed by atoms with Gasteiger partial charge in [-0.25, -0.2) is 0 Å². The monoisotopic (exact) mass is 313 g/mol. The van der Waals surface area contributed by atoms with Gasteiger partial charge in [0.2, 0.25) is 0 Å². The van der Waals surface area contributed by atoms with Crippen molar-refractivity contribution in [3.05, 3.63) is 0 Å². The summed E-state index contributed by atoms with van der Waals surface area (Å²) in [5.41, 5.74) is -1.36. The molecule has 0 bridgehead atoms. The van der Waals surface area contributed by atoms with Crippen molar-refractivity contribution in [2.24, 2.45) is 0 Å². The summed E-state index contributed by atoms with van der Waals surface area (Å²) in [6.45, 7) is 10.3. The number of aliphatic hydroxyl groups is 1. The fourth-order valence-electron chi connectivity index (χ4n) is 4.41. The summed E-state index contributed by atoms with van der Waals surface area (Å²) in [5.74, 6) is 0. The second-order valence-corrected chi connectivity index (χ2v) is 8.74. The highest BCUT2D eigenvalue weighted by Gasteiger charge is 2.51. The molecule has 0 unspecified atom stereocenters. The van der Waals surface area contributed by atoms with E-state index in [2.05, 4.69) is 6.92 Å². The second-order valence-electron chi connectivity index (χ2n) is 8.74. The topological polar surface area (TPSA) is 43.7 Å². The Hall–Kier alpha value is -0.120. The summed E-state index contributed by atoms with van der Waals surface area (Å²) in [7, 11) is 0. The molecule has 0 aliphatic carbocycles. The van der Waals surface area contributed by atoms with Crippen LogP contribution in [-0.4, -0.2) is 32.1 Å². The molecular weight excluding hydrogens is 274 g/mol. The van der Waals surface area contributed by atoms with Crippen LogP contribution in [0, 0.1) is 0 Å². The van der Waals surface area contributed by atoms with E-state index in [4.69, 9.17) is 0 Å². The van der Waals surface area contributed by atoms with Crippen molar-refractivity contribution in [1.82, 2.24) is 5.06 Å². The third kappa shape index (κ3) is 5.82. The minimum Gasteiger partial charge on any atom is -0.390 e. The van der Waals surface area contributed by atoms with E-state index in [0.717, 1.165) is 12.8 Å². The largest absolute Gasteiger partial charge is 0.390 e. The highest BCUT2D eigenvalue weighted by Crippen LogP contribution is 2.44. The third-order valence-electron chi connectivity index (χ3n) is 5.17. The summed E-state index contributed by atoms with van der Waals surface area (Å²) in [6, 6.07) is 0. The molecule has 0 aromatic heterocycles. The van der Waals surface area contributed by atoms with Gasteiger partial charge in [-0.15, -0.1) is 0 Å². The molecular formula is C19H39NO2. The number of nitrogens with zero attached hydrogens (tertiary/aromatic N) is 1. The van der Waals surface area contributed by atoms with Gasteiger partial charge in [0.15, 0.2) is 0 Å². The molecule has 1 aliphatic heterocycles. The standard InChI is InChI=1S/C19H39NO2/c1-6-7-8-9-10-11-12-13-14-19(21)15-17(2,3)20(22)18(4,5)16-19/h21-22H,6-16H2,1-5H3. The van der Waals surface area contributed by atoms with E-state index in [1.54, 1.807) is 0 Å². The van der Waals surface area contributed by atoms with Gasteiger partial charge in [0, 0.05) is 11.1 Å². The first kappa shape index (κ1) is 19.9. The molecule has 1 heterocycles. The minimum absolute atomic E-state index is 0.364. The lowest BCUT2D eigenvalue weighted by Crippen LogP contribution is -2.64. The van der Waals surface area contributed by atoms with E-state index >= 15 is 0 Å². The van der Waals surface area contributed by atoms with Crippen molar-refractivity contribution >= 4 is 0 Å². The van der Waals surface area contributed by atoms with Gasteiger partial charge < -0.3 is 10.3 Å². The number of hydroxylamine groups is 2. The van der Waals surface area contributed by atoms with Gasteiger partial charge in [0.25, 0.3) is 0 Å². The van der Waals surface area contributed by atoms with Crippen molar-refractivity contribution in [3.63, 3.8) is 0 Å². The van der Waals surface area contributed by atoms with Gasteiger partial charge in [-0.3, -0.25) is 0 Å². The highest BCUT2D eigenvalue weighted by atomic mass is 16.5. The Balaban J connectivity index is 2.32. The lowest BCUT2D eigenvalue weighted by Gasteiger charge is -2.54. The van der Waals surface area contributed by atoms with Crippen LogP contribution in [0.25, 0.3) is 0 Å². The van der Waals surface area contributed by atoms with Crippen LogP contribution in [0.15, 0.2) is 0 Å². The van der Waals surface area contributed by atoms with Gasteiger partial charge in [0.1, 0.15) is 0 Å². The van der Waals surface area contributed by atoms with Gasteiger partial charge in [-0.2, -0.15) is 5.06 Å². The van der Waals surface area contributed by atoms with E-state index in [0.29, 0.717) is 12.8 Å². The summed E-state index contributed by atoms with van der Waals surface area (Å²) in [6.07, 6.45) is 12.5.